The Kier molecular flexibility index (Phi) is 3.91. The lowest BCUT2D eigenvalue weighted by Gasteiger charge is -2.23. The van der Waals surface area contributed by atoms with Crippen LogP contribution in [0.3, 0.4) is 0 Å². The molecule has 1 saturated heterocycles. The average Bonchev–Trinajstić information content (AvgIpc) is 2.65. The third kappa shape index (κ3) is 2.74. The van der Waals surface area contributed by atoms with Gasteiger partial charge < -0.3 is 15.7 Å². The Balaban J connectivity index is 2.61. The first-order valence-electron chi connectivity index (χ1n) is 5.17. The lowest BCUT2D eigenvalue weighted by atomic mass is 9.88. The van der Waals surface area contributed by atoms with Crippen LogP contribution in [-0.2, 0) is 9.59 Å². The Labute approximate surface area is 94.6 Å². The largest absolute Gasteiger partial charge is 0.480 e. The number of hydrogen-bond donors (Lipinski definition) is 3. The smallest absolute Gasteiger partial charge is 0.327 e. The highest BCUT2D eigenvalue weighted by atomic mass is 16.4. The van der Waals surface area contributed by atoms with E-state index >= 15 is 0 Å². The Morgan fingerprint density at radius 3 is 2.81 bits per heavy atom. The van der Waals surface area contributed by atoms with Gasteiger partial charge in [-0.1, -0.05) is 0 Å². The lowest BCUT2D eigenvalue weighted by Crippen LogP contribution is -2.48. The minimum atomic E-state index is -1.10. The van der Waals surface area contributed by atoms with Gasteiger partial charge in [0.15, 0.2) is 0 Å². The molecule has 0 radical (unpaired) electrons. The van der Waals surface area contributed by atoms with Crippen LogP contribution in [0.4, 0.5) is 0 Å². The summed E-state index contributed by atoms with van der Waals surface area (Å²) < 4.78 is 0. The standard InChI is InChI=1S/C11H16N2O3/c1-3-4-8(9(14)15)13-10(16)11(2)5-6-12-7-11/h1,8,12H,4-7H2,2H3,(H,13,16)(H,14,15). The van der Waals surface area contributed by atoms with Crippen LogP contribution >= 0.6 is 0 Å². The summed E-state index contributed by atoms with van der Waals surface area (Å²) in [7, 11) is 0. The van der Waals surface area contributed by atoms with Gasteiger partial charge in [-0.3, -0.25) is 4.79 Å². The number of hydrogen-bond acceptors (Lipinski definition) is 3. The fourth-order valence-corrected chi connectivity index (χ4v) is 1.66. The third-order valence-electron chi connectivity index (χ3n) is 2.84. The molecular weight excluding hydrogens is 208 g/mol. The molecule has 1 fully saturated rings. The van der Waals surface area contributed by atoms with Crippen molar-refractivity contribution in [2.24, 2.45) is 5.41 Å². The summed E-state index contributed by atoms with van der Waals surface area (Å²) in [5.41, 5.74) is -0.525. The van der Waals surface area contributed by atoms with E-state index in [2.05, 4.69) is 16.6 Å². The SMILES string of the molecule is C#CCC(NC(=O)C1(C)CCNC1)C(=O)O. The molecule has 16 heavy (non-hydrogen) atoms. The predicted octanol–water partition coefficient (Wildman–Crippen LogP) is -0.421. The molecule has 0 saturated carbocycles. The highest BCUT2D eigenvalue weighted by Gasteiger charge is 2.37. The van der Waals surface area contributed by atoms with Crippen molar-refractivity contribution in [2.45, 2.75) is 25.8 Å². The number of aliphatic carboxylic acids is 1. The molecule has 0 spiro atoms. The van der Waals surface area contributed by atoms with Gasteiger partial charge in [0.25, 0.3) is 0 Å². The van der Waals surface area contributed by atoms with Gasteiger partial charge in [0, 0.05) is 13.0 Å². The number of carbonyl (C=O) groups excluding carboxylic acids is 1. The van der Waals surface area contributed by atoms with E-state index in [0.717, 1.165) is 6.54 Å². The number of nitrogens with one attached hydrogen (secondary N) is 2. The van der Waals surface area contributed by atoms with Crippen LogP contribution in [0.2, 0.25) is 0 Å². The molecule has 3 N–H and O–H groups in total. The van der Waals surface area contributed by atoms with E-state index in [1.807, 2.05) is 6.92 Å². The van der Waals surface area contributed by atoms with Crippen LogP contribution in [0, 0.1) is 17.8 Å². The molecule has 1 heterocycles. The van der Waals surface area contributed by atoms with Crippen LogP contribution in [0.1, 0.15) is 19.8 Å². The van der Waals surface area contributed by atoms with Crippen molar-refractivity contribution >= 4 is 11.9 Å². The fraction of sp³-hybridized carbons (Fsp3) is 0.636. The van der Waals surface area contributed by atoms with Gasteiger partial charge in [-0.2, -0.15) is 0 Å². The molecule has 1 rings (SSSR count). The van der Waals surface area contributed by atoms with Crippen molar-refractivity contribution in [1.82, 2.24) is 10.6 Å². The Morgan fingerprint density at radius 1 is 1.69 bits per heavy atom. The summed E-state index contributed by atoms with van der Waals surface area (Å²) in [5, 5.41) is 14.4. The molecule has 0 bridgehead atoms. The summed E-state index contributed by atoms with van der Waals surface area (Å²) in [6.45, 7) is 3.16. The first kappa shape index (κ1) is 12.5. The third-order valence-corrected chi connectivity index (χ3v) is 2.84. The van der Waals surface area contributed by atoms with Crippen molar-refractivity contribution in [3.8, 4) is 12.3 Å². The van der Waals surface area contributed by atoms with Crippen LogP contribution in [0.25, 0.3) is 0 Å². The van der Waals surface area contributed by atoms with Crippen LogP contribution in [-0.4, -0.2) is 36.1 Å². The zero-order valence-corrected chi connectivity index (χ0v) is 9.25. The van der Waals surface area contributed by atoms with Crippen LogP contribution < -0.4 is 10.6 Å². The summed E-state index contributed by atoms with van der Waals surface area (Å²) in [4.78, 5) is 22.7. The van der Waals surface area contributed by atoms with Gasteiger partial charge in [0.05, 0.1) is 5.41 Å². The number of carboxylic acids is 1. The number of amides is 1. The van der Waals surface area contributed by atoms with Crippen molar-refractivity contribution < 1.29 is 14.7 Å². The van der Waals surface area contributed by atoms with Gasteiger partial charge >= 0.3 is 5.97 Å². The topological polar surface area (TPSA) is 78.4 Å². The lowest BCUT2D eigenvalue weighted by molar-refractivity contribution is -0.143. The van der Waals surface area contributed by atoms with E-state index in [0.29, 0.717) is 13.0 Å². The van der Waals surface area contributed by atoms with Gasteiger partial charge in [0.1, 0.15) is 6.04 Å². The minimum absolute atomic E-state index is 0.00455. The van der Waals surface area contributed by atoms with E-state index in [-0.39, 0.29) is 12.3 Å². The highest BCUT2D eigenvalue weighted by Crippen LogP contribution is 2.24. The molecule has 1 aliphatic heterocycles. The quantitative estimate of drug-likeness (QED) is 0.567. The molecule has 0 aliphatic carbocycles. The molecule has 5 heteroatoms. The normalized spacial score (nSPS) is 25.8. The van der Waals surface area contributed by atoms with Gasteiger partial charge in [-0.25, -0.2) is 4.79 Å². The Bertz CT molecular complexity index is 327. The minimum Gasteiger partial charge on any atom is -0.480 e. The molecule has 1 aliphatic rings. The Morgan fingerprint density at radius 2 is 2.38 bits per heavy atom. The maximum atomic E-state index is 11.9. The van der Waals surface area contributed by atoms with E-state index in [9.17, 15) is 9.59 Å². The Hall–Kier alpha value is -1.54. The van der Waals surface area contributed by atoms with Gasteiger partial charge in [-0.05, 0) is 19.9 Å². The van der Waals surface area contributed by atoms with Crippen molar-refractivity contribution in [2.75, 3.05) is 13.1 Å². The zero-order chi connectivity index (χ0) is 12.2. The molecule has 2 atom stereocenters. The predicted molar refractivity (Wildman–Crippen MR) is 58.6 cm³/mol. The number of rotatable bonds is 4. The molecule has 5 nitrogen and oxygen atoms in total. The second-order valence-electron chi connectivity index (χ2n) is 4.26. The highest BCUT2D eigenvalue weighted by molar-refractivity contribution is 5.87. The zero-order valence-electron chi connectivity index (χ0n) is 9.25. The number of terminal acetylenes is 1. The molecule has 0 aromatic heterocycles. The molecule has 2 unspecified atom stereocenters. The molecule has 1 amide bonds. The summed E-state index contributed by atoms with van der Waals surface area (Å²) in [5.74, 6) is 0.900. The van der Waals surface area contributed by atoms with Gasteiger partial charge in [0.2, 0.25) is 5.91 Å². The maximum absolute atomic E-state index is 11.9. The van der Waals surface area contributed by atoms with Crippen molar-refractivity contribution in [1.29, 1.82) is 0 Å². The molecule has 88 valence electrons. The summed E-state index contributed by atoms with van der Waals surface area (Å²) >= 11 is 0. The summed E-state index contributed by atoms with van der Waals surface area (Å²) in [6, 6.07) is -0.991. The molecular formula is C11H16N2O3. The van der Waals surface area contributed by atoms with Crippen molar-refractivity contribution in [3.05, 3.63) is 0 Å². The second kappa shape index (κ2) is 4.99. The van der Waals surface area contributed by atoms with E-state index < -0.39 is 17.4 Å². The number of carboxylic acid groups (broad SMARTS) is 1. The average molecular weight is 224 g/mol. The number of carbonyl (C=O) groups is 2. The first-order chi connectivity index (χ1) is 7.49. The molecule has 0 aromatic carbocycles. The van der Waals surface area contributed by atoms with Gasteiger partial charge in [-0.15, -0.1) is 12.3 Å². The first-order valence-corrected chi connectivity index (χ1v) is 5.17. The molecule has 0 aromatic rings. The van der Waals surface area contributed by atoms with Crippen LogP contribution in [0.5, 0.6) is 0 Å². The van der Waals surface area contributed by atoms with Crippen molar-refractivity contribution in [3.63, 3.8) is 0 Å². The fourth-order valence-electron chi connectivity index (χ4n) is 1.66. The maximum Gasteiger partial charge on any atom is 0.327 e. The van der Waals surface area contributed by atoms with E-state index in [4.69, 9.17) is 11.5 Å². The van der Waals surface area contributed by atoms with E-state index in [1.165, 1.54) is 0 Å². The second-order valence-corrected chi connectivity index (χ2v) is 4.26. The van der Waals surface area contributed by atoms with E-state index in [1.54, 1.807) is 0 Å². The summed E-state index contributed by atoms with van der Waals surface area (Å²) in [6.07, 6.45) is 5.77. The monoisotopic (exact) mass is 224 g/mol. The van der Waals surface area contributed by atoms with Crippen LogP contribution in [0.15, 0.2) is 0 Å².